The summed E-state index contributed by atoms with van der Waals surface area (Å²) in [6.45, 7) is 3.35. The number of cyclic esters (lactones) is 1. The topological polar surface area (TPSA) is 29.5 Å². The highest BCUT2D eigenvalue weighted by Crippen LogP contribution is 2.34. The van der Waals surface area contributed by atoms with Gasteiger partial charge in [-0.15, -0.1) is 11.8 Å². The van der Waals surface area contributed by atoms with Crippen LogP contribution in [0.15, 0.2) is 17.0 Å². The van der Waals surface area contributed by atoms with Crippen molar-refractivity contribution >= 4 is 23.5 Å². The first kappa shape index (κ1) is 15.9. The van der Waals surface area contributed by atoms with E-state index in [1.807, 2.05) is 0 Å². The summed E-state index contributed by atoms with van der Waals surface area (Å²) in [5.74, 6) is -1.73. The molecule has 0 aromatic heterocycles. The average Bonchev–Trinajstić information content (AvgIpc) is 2.66. The molecular weight excluding hydrogens is 310 g/mol. The van der Waals surface area contributed by atoms with Crippen LogP contribution in [0.1, 0.15) is 12.5 Å². The molecule has 1 amide bonds. The molecule has 1 atom stereocenters. The lowest BCUT2D eigenvalue weighted by atomic mass is 10.2. The fraction of sp³-hybridized carbons (Fsp3) is 0.462. The summed E-state index contributed by atoms with van der Waals surface area (Å²) in [5, 5.41) is 0. The Labute approximate surface area is 123 Å². The highest BCUT2D eigenvalue weighted by atomic mass is 32.2. The van der Waals surface area contributed by atoms with E-state index in [0.717, 1.165) is 11.0 Å². The molecule has 1 heterocycles. The number of hydrogen-bond donors (Lipinski definition) is 0. The quantitative estimate of drug-likeness (QED) is 0.619. The van der Waals surface area contributed by atoms with Crippen LogP contribution in [0.3, 0.4) is 0 Å². The summed E-state index contributed by atoms with van der Waals surface area (Å²) in [6, 6.07) is 2.39. The van der Waals surface area contributed by atoms with Crippen molar-refractivity contribution in [2.75, 3.05) is 17.2 Å². The van der Waals surface area contributed by atoms with Crippen molar-refractivity contribution in [3.8, 4) is 0 Å². The SMILES string of the molecule is Cc1cc(F)c(N2CC(C)OC2=O)cc1SCC(F)(F)F. The number of amides is 1. The molecule has 1 fully saturated rings. The van der Waals surface area contributed by atoms with Gasteiger partial charge in [-0.1, -0.05) is 0 Å². The molecule has 1 aliphatic heterocycles. The van der Waals surface area contributed by atoms with E-state index < -0.39 is 23.8 Å². The third kappa shape index (κ3) is 3.81. The first-order chi connectivity index (χ1) is 9.67. The zero-order valence-electron chi connectivity index (χ0n) is 11.3. The highest BCUT2D eigenvalue weighted by Gasteiger charge is 2.32. The van der Waals surface area contributed by atoms with Crippen molar-refractivity contribution in [1.29, 1.82) is 0 Å². The van der Waals surface area contributed by atoms with E-state index >= 15 is 0 Å². The molecule has 1 saturated heterocycles. The summed E-state index contributed by atoms with van der Waals surface area (Å²) >= 11 is 0.567. The zero-order chi connectivity index (χ0) is 15.8. The summed E-state index contributed by atoms with van der Waals surface area (Å²) in [4.78, 5) is 13.0. The van der Waals surface area contributed by atoms with Gasteiger partial charge in [0.05, 0.1) is 18.0 Å². The number of rotatable bonds is 3. The third-order valence-electron chi connectivity index (χ3n) is 2.89. The van der Waals surface area contributed by atoms with Gasteiger partial charge in [0.2, 0.25) is 0 Å². The highest BCUT2D eigenvalue weighted by molar-refractivity contribution is 7.99. The van der Waals surface area contributed by atoms with Gasteiger partial charge in [0.25, 0.3) is 0 Å². The van der Waals surface area contributed by atoms with Crippen LogP contribution in [0.25, 0.3) is 0 Å². The van der Waals surface area contributed by atoms with E-state index in [1.165, 1.54) is 13.0 Å². The van der Waals surface area contributed by atoms with Gasteiger partial charge in [-0.2, -0.15) is 13.2 Å². The summed E-state index contributed by atoms with van der Waals surface area (Å²) < 4.78 is 55.7. The van der Waals surface area contributed by atoms with Gasteiger partial charge in [0.1, 0.15) is 11.9 Å². The molecular formula is C13H13F4NO2S. The second-order valence-electron chi connectivity index (χ2n) is 4.78. The molecule has 0 aliphatic carbocycles. The van der Waals surface area contributed by atoms with Crippen molar-refractivity contribution in [3.63, 3.8) is 0 Å². The molecule has 1 aromatic rings. The maximum atomic E-state index is 14.0. The van der Waals surface area contributed by atoms with Gasteiger partial charge in [0, 0.05) is 4.90 Å². The van der Waals surface area contributed by atoms with E-state index in [1.54, 1.807) is 6.92 Å². The summed E-state index contributed by atoms with van der Waals surface area (Å²) in [7, 11) is 0. The van der Waals surface area contributed by atoms with E-state index in [4.69, 9.17) is 4.74 Å². The Morgan fingerprint density at radius 1 is 1.43 bits per heavy atom. The number of thioether (sulfide) groups is 1. The lowest BCUT2D eigenvalue weighted by Crippen LogP contribution is -2.25. The Hall–Kier alpha value is -1.44. The van der Waals surface area contributed by atoms with Crippen LogP contribution in [0.4, 0.5) is 28.0 Å². The first-order valence-corrected chi connectivity index (χ1v) is 7.14. The molecule has 0 spiro atoms. The first-order valence-electron chi connectivity index (χ1n) is 6.15. The molecule has 0 saturated carbocycles. The molecule has 1 aliphatic rings. The van der Waals surface area contributed by atoms with Gasteiger partial charge in [0.15, 0.2) is 0 Å². The number of ether oxygens (including phenoxy) is 1. The second kappa shape index (κ2) is 5.75. The Kier molecular flexibility index (Phi) is 4.36. The molecule has 0 N–H and O–H groups in total. The number of benzene rings is 1. The number of alkyl halides is 3. The number of halogens is 4. The average molecular weight is 323 g/mol. The molecule has 1 unspecified atom stereocenters. The predicted octanol–water partition coefficient (Wildman–Crippen LogP) is 4.13. The Morgan fingerprint density at radius 2 is 2.10 bits per heavy atom. The minimum absolute atomic E-state index is 0.0559. The Morgan fingerprint density at radius 3 is 2.62 bits per heavy atom. The number of carbonyl (C=O) groups excluding carboxylic acids is 1. The Balaban J connectivity index is 2.28. The number of hydrogen-bond acceptors (Lipinski definition) is 3. The standard InChI is InChI=1S/C13H13F4NO2S/c1-7-3-9(14)10(18-5-8(2)20-12(18)19)4-11(7)21-6-13(15,16)17/h3-4,8H,5-6H2,1-2H3. The molecule has 21 heavy (non-hydrogen) atoms. The van der Waals surface area contributed by atoms with E-state index in [2.05, 4.69) is 0 Å². The van der Waals surface area contributed by atoms with E-state index in [-0.39, 0.29) is 23.2 Å². The van der Waals surface area contributed by atoms with Gasteiger partial charge < -0.3 is 4.74 Å². The molecule has 8 heteroatoms. The Bertz CT molecular complexity index is 562. The van der Waals surface area contributed by atoms with E-state index in [9.17, 15) is 22.4 Å². The molecule has 3 nitrogen and oxygen atoms in total. The van der Waals surface area contributed by atoms with Crippen LogP contribution in [-0.4, -0.2) is 30.7 Å². The van der Waals surface area contributed by atoms with Crippen molar-refractivity contribution < 1.29 is 27.1 Å². The fourth-order valence-electron chi connectivity index (χ4n) is 1.97. The third-order valence-corrected chi connectivity index (χ3v) is 4.11. The fourth-order valence-corrected chi connectivity index (χ4v) is 2.77. The van der Waals surface area contributed by atoms with Crippen LogP contribution >= 0.6 is 11.8 Å². The van der Waals surface area contributed by atoms with E-state index in [0.29, 0.717) is 17.3 Å². The molecule has 1 aromatic carbocycles. The molecule has 0 bridgehead atoms. The maximum absolute atomic E-state index is 14.0. The van der Waals surface area contributed by atoms with Gasteiger partial charge in [-0.3, -0.25) is 4.90 Å². The number of aryl methyl sites for hydroxylation is 1. The minimum Gasteiger partial charge on any atom is -0.444 e. The maximum Gasteiger partial charge on any atom is 0.414 e. The van der Waals surface area contributed by atoms with Crippen molar-refractivity contribution in [1.82, 2.24) is 0 Å². The van der Waals surface area contributed by atoms with Crippen LogP contribution < -0.4 is 4.90 Å². The van der Waals surface area contributed by atoms with Crippen LogP contribution in [0.2, 0.25) is 0 Å². The molecule has 2 rings (SSSR count). The van der Waals surface area contributed by atoms with Crippen molar-refractivity contribution in [2.24, 2.45) is 0 Å². The molecule has 116 valence electrons. The zero-order valence-corrected chi connectivity index (χ0v) is 12.1. The normalized spacial score (nSPS) is 19.0. The summed E-state index contributed by atoms with van der Waals surface area (Å²) in [6.07, 6.45) is -5.39. The molecule has 0 radical (unpaired) electrons. The monoisotopic (exact) mass is 323 g/mol. The smallest absolute Gasteiger partial charge is 0.414 e. The predicted molar refractivity (Wildman–Crippen MR) is 71.2 cm³/mol. The lowest BCUT2D eigenvalue weighted by Gasteiger charge is -2.17. The van der Waals surface area contributed by atoms with Crippen LogP contribution in [-0.2, 0) is 4.74 Å². The van der Waals surface area contributed by atoms with Gasteiger partial charge in [-0.25, -0.2) is 9.18 Å². The number of carbonyl (C=O) groups is 1. The number of nitrogens with zero attached hydrogens (tertiary/aromatic N) is 1. The van der Waals surface area contributed by atoms with Crippen molar-refractivity contribution in [2.45, 2.75) is 31.0 Å². The van der Waals surface area contributed by atoms with Crippen LogP contribution in [0.5, 0.6) is 0 Å². The largest absolute Gasteiger partial charge is 0.444 e. The second-order valence-corrected chi connectivity index (χ2v) is 5.80. The minimum atomic E-state index is -4.31. The number of anilines is 1. The van der Waals surface area contributed by atoms with Crippen molar-refractivity contribution in [3.05, 3.63) is 23.5 Å². The lowest BCUT2D eigenvalue weighted by molar-refractivity contribution is -0.105. The van der Waals surface area contributed by atoms with Gasteiger partial charge in [-0.05, 0) is 31.5 Å². The van der Waals surface area contributed by atoms with Crippen LogP contribution in [0, 0.1) is 12.7 Å². The summed E-state index contributed by atoms with van der Waals surface area (Å²) in [5.41, 5.74) is 0.339. The van der Waals surface area contributed by atoms with Gasteiger partial charge >= 0.3 is 12.3 Å².